The highest BCUT2D eigenvalue weighted by molar-refractivity contribution is 5.98. The molecule has 3 aromatic rings. The predicted octanol–water partition coefficient (Wildman–Crippen LogP) is 1.26. The van der Waals surface area contributed by atoms with E-state index >= 15 is 0 Å². The van der Waals surface area contributed by atoms with Crippen molar-refractivity contribution in [2.24, 2.45) is 11.8 Å². The van der Waals surface area contributed by atoms with E-state index in [1.54, 1.807) is 27.7 Å². The third-order valence-electron chi connectivity index (χ3n) is 5.54. The van der Waals surface area contributed by atoms with E-state index in [9.17, 15) is 39.0 Å². The lowest BCUT2D eigenvalue weighted by atomic mass is 10.0. The first-order valence-electron chi connectivity index (χ1n) is 10.3. The van der Waals surface area contributed by atoms with Crippen LogP contribution in [-0.2, 0) is 9.59 Å². The molecule has 10 nitrogen and oxygen atoms in total. The fourth-order valence-corrected chi connectivity index (χ4v) is 4.10. The lowest BCUT2D eigenvalue weighted by molar-refractivity contribution is -0.142. The maximum absolute atomic E-state index is 12.9. The normalized spacial score (nSPS) is 13.9. The van der Waals surface area contributed by atoms with Crippen molar-refractivity contribution in [3.8, 4) is 0 Å². The molecule has 0 aliphatic heterocycles. The molecule has 10 heteroatoms. The molecule has 0 fully saturated rings. The van der Waals surface area contributed by atoms with Crippen LogP contribution < -0.4 is 22.2 Å². The molecule has 0 saturated heterocycles. The Morgan fingerprint density at radius 2 is 0.906 bits per heavy atom. The molecule has 0 spiro atoms. The number of carboxylic acids is 2. The summed E-state index contributed by atoms with van der Waals surface area (Å²) < 4.78 is 1.29. The van der Waals surface area contributed by atoms with Crippen molar-refractivity contribution in [3.63, 3.8) is 0 Å². The molecule has 2 heterocycles. The Bertz CT molecular complexity index is 1250. The van der Waals surface area contributed by atoms with Gasteiger partial charge in [0.1, 0.15) is 12.1 Å². The average molecular weight is 444 g/mol. The van der Waals surface area contributed by atoms with Gasteiger partial charge in [0.2, 0.25) is 0 Å². The molecule has 0 saturated carbocycles. The number of aromatic nitrogens is 2. The van der Waals surface area contributed by atoms with Gasteiger partial charge in [-0.05, 0) is 36.8 Å². The van der Waals surface area contributed by atoms with Gasteiger partial charge in [-0.25, -0.2) is 9.59 Å². The Hall–Kier alpha value is -3.56. The largest absolute Gasteiger partial charge is 0.480 e. The topological polar surface area (TPSA) is 153 Å². The van der Waals surface area contributed by atoms with Crippen molar-refractivity contribution < 1.29 is 19.8 Å². The summed E-state index contributed by atoms with van der Waals surface area (Å²) in [6.45, 7) is 7.02. The Balaban J connectivity index is 2.35. The number of fused-ring (bicyclic) bond motifs is 2. The predicted molar refractivity (Wildman–Crippen MR) is 117 cm³/mol. The van der Waals surface area contributed by atoms with Gasteiger partial charge in [0.15, 0.2) is 0 Å². The molecule has 170 valence electrons. The van der Waals surface area contributed by atoms with Crippen LogP contribution in [0.25, 0.3) is 21.5 Å². The highest BCUT2D eigenvalue weighted by atomic mass is 16.4. The van der Waals surface area contributed by atoms with Crippen LogP contribution in [0.15, 0.2) is 31.3 Å². The first-order chi connectivity index (χ1) is 14.9. The second kappa shape index (κ2) is 8.18. The van der Waals surface area contributed by atoms with E-state index in [0.717, 1.165) is 12.1 Å². The summed E-state index contributed by atoms with van der Waals surface area (Å²) in [6, 6.07) is -0.591. The van der Waals surface area contributed by atoms with Crippen LogP contribution in [0.3, 0.4) is 0 Å². The first kappa shape index (κ1) is 23.1. The number of hydrogen-bond donors (Lipinski definition) is 2. The third kappa shape index (κ3) is 3.65. The maximum atomic E-state index is 12.9. The summed E-state index contributed by atoms with van der Waals surface area (Å²) in [5.74, 6) is -2.90. The average Bonchev–Trinajstić information content (AvgIpc) is 3.07. The zero-order chi connectivity index (χ0) is 24.1. The quantitative estimate of drug-likeness (QED) is 0.526. The molecule has 0 bridgehead atoms. The molecule has 1 aromatic carbocycles. The van der Waals surface area contributed by atoms with E-state index in [1.807, 2.05) is 0 Å². The molecule has 0 aliphatic carbocycles. The lowest BCUT2D eigenvalue weighted by Crippen LogP contribution is -2.35. The first-order valence-corrected chi connectivity index (χ1v) is 10.3. The SMILES string of the molecule is CC(C)CC(C(=O)O)n1c(=O)c2cc3c(=O)n(C(CC(C)C)C(=O)O)c(=O)c3cc2c1=O. The van der Waals surface area contributed by atoms with Crippen LogP contribution in [0.5, 0.6) is 0 Å². The van der Waals surface area contributed by atoms with Gasteiger partial charge in [-0.1, -0.05) is 27.7 Å². The van der Waals surface area contributed by atoms with Crippen LogP contribution >= 0.6 is 0 Å². The highest BCUT2D eigenvalue weighted by Crippen LogP contribution is 2.21. The fraction of sp³-hybridized carbons (Fsp3) is 0.455. The zero-order valence-corrected chi connectivity index (χ0v) is 18.1. The molecule has 0 aliphatic rings. The molecule has 2 unspecified atom stereocenters. The van der Waals surface area contributed by atoms with Gasteiger partial charge in [0.05, 0.1) is 21.5 Å². The summed E-state index contributed by atoms with van der Waals surface area (Å²) in [6.07, 6.45) is 0.0866. The molecule has 0 radical (unpaired) electrons. The maximum Gasteiger partial charge on any atom is 0.326 e. The standard InChI is InChI=1S/C22H24N2O8/c1-9(2)5-15(21(29)30)23-17(25)11-7-13-14(8-12(11)18(23)26)20(28)24(19(13)27)16(22(31)32)6-10(3)4/h7-10,15-16H,5-6H2,1-4H3,(H,29,30)(H,31,32). The molecule has 2 atom stereocenters. The highest BCUT2D eigenvalue weighted by Gasteiger charge is 2.30. The summed E-state index contributed by atoms with van der Waals surface area (Å²) in [4.78, 5) is 75.2. The Kier molecular flexibility index (Phi) is 5.90. The molecule has 2 aromatic heterocycles. The molecule has 0 amide bonds. The van der Waals surface area contributed by atoms with Crippen LogP contribution in [-0.4, -0.2) is 31.3 Å². The van der Waals surface area contributed by atoms with Crippen molar-refractivity contribution >= 4 is 33.5 Å². The van der Waals surface area contributed by atoms with Crippen molar-refractivity contribution in [1.29, 1.82) is 0 Å². The molecule has 32 heavy (non-hydrogen) atoms. The summed E-state index contributed by atoms with van der Waals surface area (Å²) in [7, 11) is 0. The zero-order valence-electron chi connectivity index (χ0n) is 18.1. The third-order valence-corrected chi connectivity index (χ3v) is 5.54. The van der Waals surface area contributed by atoms with Crippen molar-refractivity contribution in [3.05, 3.63) is 53.5 Å². The Morgan fingerprint density at radius 3 is 1.09 bits per heavy atom. The number of benzene rings is 1. The number of carboxylic acid groups (broad SMARTS) is 2. The van der Waals surface area contributed by atoms with Crippen LogP contribution in [0, 0.1) is 11.8 Å². The molecular weight excluding hydrogens is 420 g/mol. The lowest BCUT2D eigenvalue weighted by Gasteiger charge is -2.14. The van der Waals surface area contributed by atoms with E-state index in [0.29, 0.717) is 9.13 Å². The fourth-order valence-electron chi connectivity index (χ4n) is 4.10. The second-order valence-corrected chi connectivity index (χ2v) is 8.87. The minimum Gasteiger partial charge on any atom is -0.480 e. The second-order valence-electron chi connectivity index (χ2n) is 8.87. The van der Waals surface area contributed by atoms with Gasteiger partial charge in [0.25, 0.3) is 22.2 Å². The van der Waals surface area contributed by atoms with Gasteiger partial charge >= 0.3 is 11.9 Å². The minimum atomic E-state index is -1.39. The van der Waals surface area contributed by atoms with Gasteiger partial charge < -0.3 is 10.2 Å². The minimum absolute atomic E-state index is 0.0433. The van der Waals surface area contributed by atoms with Crippen LogP contribution in [0.2, 0.25) is 0 Å². The van der Waals surface area contributed by atoms with Gasteiger partial charge in [-0.15, -0.1) is 0 Å². The van der Waals surface area contributed by atoms with Gasteiger partial charge in [-0.2, -0.15) is 0 Å². The van der Waals surface area contributed by atoms with Crippen molar-refractivity contribution in [2.45, 2.75) is 52.6 Å². The Morgan fingerprint density at radius 1 is 0.656 bits per heavy atom. The van der Waals surface area contributed by atoms with E-state index in [-0.39, 0.29) is 46.2 Å². The van der Waals surface area contributed by atoms with E-state index in [1.165, 1.54) is 0 Å². The van der Waals surface area contributed by atoms with Crippen molar-refractivity contribution in [2.75, 3.05) is 0 Å². The van der Waals surface area contributed by atoms with Gasteiger partial charge in [-0.3, -0.25) is 28.3 Å². The molecular formula is C22H24N2O8. The van der Waals surface area contributed by atoms with E-state index in [2.05, 4.69) is 0 Å². The van der Waals surface area contributed by atoms with E-state index < -0.39 is 46.3 Å². The number of rotatable bonds is 8. The van der Waals surface area contributed by atoms with Crippen LogP contribution in [0.1, 0.15) is 52.6 Å². The molecule has 2 N–H and O–H groups in total. The van der Waals surface area contributed by atoms with E-state index in [4.69, 9.17) is 0 Å². The number of hydrogen-bond acceptors (Lipinski definition) is 6. The summed E-state index contributed by atoms with van der Waals surface area (Å²) in [5.41, 5.74) is -3.46. The monoisotopic (exact) mass is 444 g/mol. The Labute approximate surface area is 181 Å². The number of carbonyl (C=O) groups is 2. The van der Waals surface area contributed by atoms with Gasteiger partial charge in [0, 0.05) is 0 Å². The number of nitrogens with zero attached hydrogens (tertiary/aromatic N) is 2. The summed E-state index contributed by atoms with van der Waals surface area (Å²) >= 11 is 0. The van der Waals surface area contributed by atoms with Crippen molar-refractivity contribution in [1.82, 2.24) is 9.13 Å². The molecule has 3 rings (SSSR count). The smallest absolute Gasteiger partial charge is 0.326 e. The summed E-state index contributed by atoms with van der Waals surface area (Å²) in [5, 5.41) is 18.4. The van der Waals surface area contributed by atoms with Crippen LogP contribution in [0.4, 0.5) is 0 Å². The number of aliphatic carboxylic acids is 2.